The Balaban J connectivity index is 2.70. The zero-order valence-electron chi connectivity index (χ0n) is 8.71. The molecule has 1 aromatic carbocycles. The second-order valence-electron chi connectivity index (χ2n) is 2.96. The molecule has 0 aliphatic rings. The summed E-state index contributed by atoms with van der Waals surface area (Å²) >= 11 is 0. The molecule has 0 aromatic heterocycles. The van der Waals surface area contributed by atoms with Crippen LogP contribution in [0.3, 0.4) is 0 Å². The number of rotatable bonds is 4. The molecule has 16 heavy (non-hydrogen) atoms. The maximum atomic E-state index is 11.4. The van der Waals surface area contributed by atoms with Gasteiger partial charge in [-0.3, -0.25) is 14.9 Å². The lowest BCUT2D eigenvalue weighted by Gasteiger charge is -1.98. The fourth-order valence-corrected chi connectivity index (χ4v) is 0.995. The highest BCUT2D eigenvalue weighted by Crippen LogP contribution is 2.11. The predicted octanol–water partition coefficient (Wildman–Crippen LogP) is 1.72. The predicted molar refractivity (Wildman–Crippen MR) is 59.3 cm³/mol. The molecule has 0 spiro atoms. The number of hydrogen-bond donors (Lipinski definition) is 1. The number of nitrogens with one attached hydrogen (secondary N) is 1. The minimum absolute atomic E-state index is 0.0476. The fourth-order valence-electron chi connectivity index (χ4n) is 0.995. The number of nitrogens with zero attached hydrogens (tertiary/aromatic N) is 2. The van der Waals surface area contributed by atoms with Gasteiger partial charge in [0, 0.05) is 23.9 Å². The lowest BCUT2D eigenvalue weighted by molar-refractivity contribution is -0.384. The van der Waals surface area contributed by atoms with Gasteiger partial charge >= 0.3 is 0 Å². The van der Waals surface area contributed by atoms with Crippen LogP contribution in [0.5, 0.6) is 0 Å². The van der Waals surface area contributed by atoms with Crippen LogP contribution in [0.4, 0.5) is 5.69 Å². The third-order valence-corrected chi connectivity index (χ3v) is 1.78. The number of hydrogen-bond acceptors (Lipinski definition) is 4. The van der Waals surface area contributed by atoms with E-state index in [2.05, 4.69) is 10.5 Å². The molecule has 0 saturated heterocycles. The molecular formula is C10H11N3O3. The third kappa shape index (κ3) is 3.16. The first-order valence-corrected chi connectivity index (χ1v) is 4.71. The van der Waals surface area contributed by atoms with E-state index in [-0.39, 0.29) is 11.6 Å². The van der Waals surface area contributed by atoms with Crippen molar-refractivity contribution in [3.05, 3.63) is 39.9 Å². The van der Waals surface area contributed by atoms with Crippen molar-refractivity contribution in [2.75, 3.05) is 0 Å². The van der Waals surface area contributed by atoms with Crippen LogP contribution in [0.2, 0.25) is 0 Å². The maximum absolute atomic E-state index is 11.4. The van der Waals surface area contributed by atoms with Crippen LogP contribution >= 0.6 is 0 Å². The van der Waals surface area contributed by atoms with Gasteiger partial charge in [-0.1, -0.05) is 6.92 Å². The normalized spacial score (nSPS) is 10.3. The van der Waals surface area contributed by atoms with Crippen LogP contribution in [0.1, 0.15) is 23.7 Å². The molecule has 84 valence electrons. The molecule has 0 fully saturated rings. The number of carbonyl (C=O) groups is 1. The van der Waals surface area contributed by atoms with E-state index >= 15 is 0 Å². The summed E-state index contributed by atoms with van der Waals surface area (Å²) in [4.78, 5) is 21.3. The Morgan fingerprint density at radius 1 is 1.50 bits per heavy atom. The Morgan fingerprint density at radius 3 is 2.62 bits per heavy atom. The van der Waals surface area contributed by atoms with E-state index in [0.29, 0.717) is 5.56 Å². The monoisotopic (exact) mass is 221 g/mol. The Kier molecular flexibility index (Phi) is 4.14. The molecule has 0 atom stereocenters. The number of carbonyl (C=O) groups excluding carboxylic acids is 1. The van der Waals surface area contributed by atoms with Crippen LogP contribution in [-0.2, 0) is 0 Å². The van der Waals surface area contributed by atoms with Gasteiger partial charge in [0.2, 0.25) is 0 Å². The minimum Gasteiger partial charge on any atom is -0.267 e. The van der Waals surface area contributed by atoms with Crippen LogP contribution in [-0.4, -0.2) is 17.0 Å². The summed E-state index contributed by atoms with van der Waals surface area (Å²) in [6, 6.07) is 5.32. The first-order chi connectivity index (χ1) is 7.65. The van der Waals surface area contributed by atoms with Crippen LogP contribution in [0.25, 0.3) is 0 Å². The highest BCUT2D eigenvalue weighted by molar-refractivity contribution is 5.94. The lowest BCUT2D eigenvalue weighted by atomic mass is 10.2. The van der Waals surface area contributed by atoms with Crippen molar-refractivity contribution >= 4 is 17.8 Å². The van der Waals surface area contributed by atoms with Crippen LogP contribution < -0.4 is 5.43 Å². The molecule has 0 aliphatic carbocycles. The van der Waals surface area contributed by atoms with Gasteiger partial charge in [-0.05, 0) is 18.6 Å². The second-order valence-corrected chi connectivity index (χ2v) is 2.96. The van der Waals surface area contributed by atoms with Gasteiger partial charge in [-0.25, -0.2) is 5.43 Å². The Hall–Kier alpha value is -2.24. The number of amides is 1. The minimum atomic E-state index is -0.517. The van der Waals surface area contributed by atoms with Crippen molar-refractivity contribution in [1.29, 1.82) is 0 Å². The molecule has 0 unspecified atom stereocenters. The van der Waals surface area contributed by atoms with Crippen LogP contribution in [0, 0.1) is 10.1 Å². The van der Waals surface area contributed by atoms with Gasteiger partial charge in [0.15, 0.2) is 0 Å². The molecule has 0 aliphatic heterocycles. The SMILES string of the molecule is CC/C=N\NC(=O)c1ccc([N+](=O)[O-])cc1. The zero-order valence-corrected chi connectivity index (χ0v) is 8.71. The zero-order chi connectivity index (χ0) is 12.0. The molecule has 1 amide bonds. The Labute approximate surface area is 92.1 Å². The summed E-state index contributed by atoms with van der Waals surface area (Å²) in [5, 5.41) is 14.0. The van der Waals surface area contributed by atoms with E-state index in [1.165, 1.54) is 24.3 Å². The van der Waals surface area contributed by atoms with Crippen molar-refractivity contribution < 1.29 is 9.72 Å². The van der Waals surface area contributed by atoms with E-state index < -0.39 is 4.92 Å². The van der Waals surface area contributed by atoms with E-state index in [9.17, 15) is 14.9 Å². The van der Waals surface area contributed by atoms with E-state index in [4.69, 9.17) is 0 Å². The van der Waals surface area contributed by atoms with Crippen molar-refractivity contribution in [3.8, 4) is 0 Å². The largest absolute Gasteiger partial charge is 0.271 e. The maximum Gasteiger partial charge on any atom is 0.271 e. The first-order valence-electron chi connectivity index (χ1n) is 4.71. The Bertz CT molecular complexity index is 412. The number of hydrazone groups is 1. The summed E-state index contributed by atoms with van der Waals surface area (Å²) in [5.74, 6) is -0.389. The van der Waals surface area contributed by atoms with Gasteiger partial charge in [0.05, 0.1) is 4.92 Å². The van der Waals surface area contributed by atoms with Crippen molar-refractivity contribution in [2.45, 2.75) is 13.3 Å². The average Bonchev–Trinajstić information content (AvgIpc) is 2.29. The van der Waals surface area contributed by atoms with E-state index in [1.807, 2.05) is 6.92 Å². The number of non-ortho nitro benzene ring substituents is 1. The first kappa shape index (κ1) is 11.8. The summed E-state index contributed by atoms with van der Waals surface area (Å²) in [6.07, 6.45) is 2.28. The highest BCUT2D eigenvalue weighted by Gasteiger charge is 2.08. The lowest BCUT2D eigenvalue weighted by Crippen LogP contribution is -2.17. The summed E-state index contributed by atoms with van der Waals surface area (Å²) in [6.45, 7) is 1.89. The summed E-state index contributed by atoms with van der Waals surface area (Å²) in [7, 11) is 0. The van der Waals surface area contributed by atoms with Gasteiger partial charge < -0.3 is 0 Å². The third-order valence-electron chi connectivity index (χ3n) is 1.78. The van der Waals surface area contributed by atoms with Crippen LogP contribution in [0.15, 0.2) is 29.4 Å². The summed E-state index contributed by atoms with van der Waals surface area (Å²) in [5.41, 5.74) is 2.59. The van der Waals surface area contributed by atoms with E-state index in [1.54, 1.807) is 6.21 Å². The van der Waals surface area contributed by atoms with E-state index in [0.717, 1.165) is 6.42 Å². The van der Waals surface area contributed by atoms with Gasteiger partial charge in [0.25, 0.3) is 11.6 Å². The average molecular weight is 221 g/mol. The highest BCUT2D eigenvalue weighted by atomic mass is 16.6. The molecule has 0 heterocycles. The molecule has 1 aromatic rings. The van der Waals surface area contributed by atoms with Gasteiger partial charge in [-0.2, -0.15) is 5.10 Å². The quantitative estimate of drug-likeness (QED) is 0.477. The molecule has 0 radical (unpaired) electrons. The van der Waals surface area contributed by atoms with Crippen molar-refractivity contribution in [3.63, 3.8) is 0 Å². The molecule has 1 rings (SSSR count). The molecule has 0 saturated carbocycles. The number of benzene rings is 1. The second kappa shape index (κ2) is 5.59. The standard InChI is InChI=1S/C10H11N3O3/c1-2-7-11-12-10(14)8-3-5-9(6-4-8)13(15)16/h3-7H,2H2,1H3,(H,12,14)/b11-7-. The fraction of sp³-hybridized carbons (Fsp3) is 0.200. The molecule has 6 heteroatoms. The number of nitro benzene ring substituents is 1. The smallest absolute Gasteiger partial charge is 0.267 e. The molecule has 6 nitrogen and oxygen atoms in total. The van der Waals surface area contributed by atoms with Gasteiger partial charge in [0.1, 0.15) is 0 Å². The topological polar surface area (TPSA) is 84.6 Å². The summed E-state index contributed by atoms with van der Waals surface area (Å²) < 4.78 is 0. The molecule has 1 N–H and O–H groups in total. The molecule has 0 bridgehead atoms. The number of nitro groups is 1. The molecular weight excluding hydrogens is 210 g/mol. The van der Waals surface area contributed by atoms with Crippen molar-refractivity contribution in [1.82, 2.24) is 5.43 Å². The Morgan fingerprint density at radius 2 is 2.12 bits per heavy atom. The van der Waals surface area contributed by atoms with Gasteiger partial charge in [-0.15, -0.1) is 0 Å². The van der Waals surface area contributed by atoms with Crippen molar-refractivity contribution in [2.24, 2.45) is 5.10 Å².